The van der Waals surface area contributed by atoms with Gasteiger partial charge < -0.3 is 11.1 Å². The summed E-state index contributed by atoms with van der Waals surface area (Å²) < 4.78 is 0. The molecule has 1 aromatic carbocycles. The molecule has 2 amide bonds. The molecule has 0 heterocycles. The lowest BCUT2D eigenvalue weighted by Crippen LogP contribution is -2.48. The van der Waals surface area contributed by atoms with E-state index in [0.717, 1.165) is 17.5 Å². The van der Waals surface area contributed by atoms with Gasteiger partial charge in [-0.05, 0) is 31.4 Å². The molecular formula is C13H21ClN4O. The highest BCUT2D eigenvalue weighted by Crippen LogP contribution is 2.24. The van der Waals surface area contributed by atoms with Crippen LogP contribution in [0.15, 0.2) is 18.2 Å². The maximum atomic E-state index is 12.0. The topological polar surface area (TPSA) is 82.2 Å². The number of rotatable bonds is 3. The Morgan fingerprint density at radius 3 is 2.32 bits per heavy atom. The van der Waals surface area contributed by atoms with Crippen molar-refractivity contribution in [2.45, 2.75) is 27.2 Å². The van der Waals surface area contributed by atoms with Gasteiger partial charge in [0.1, 0.15) is 0 Å². The summed E-state index contributed by atoms with van der Waals surface area (Å²) in [6, 6.07) is 5.34. The number of benzene rings is 1. The van der Waals surface area contributed by atoms with Crippen LogP contribution in [0.4, 0.5) is 10.5 Å². The predicted octanol–water partition coefficient (Wildman–Crippen LogP) is 2.54. The van der Waals surface area contributed by atoms with Crippen LogP contribution >= 0.6 is 12.4 Å². The number of carbonyl (C=O) groups excluding carboxylic acids is 1. The summed E-state index contributed by atoms with van der Waals surface area (Å²) in [5.74, 6) is -0.277. The van der Waals surface area contributed by atoms with Gasteiger partial charge in [-0.3, -0.25) is 5.41 Å². The van der Waals surface area contributed by atoms with Crippen molar-refractivity contribution >= 4 is 30.1 Å². The molecule has 0 bridgehead atoms. The van der Waals surface area contributed by atoms with E-state index in [0.29, 0.717) is 12.2 Å². The lowest BCUT2D eigenvalue weighted by Gasteiger charge is -2.24. The quantitative estimate of drug-likeness (QED) is 0.589. The third-order valence-electron chi connectivity index (χ3n) is 2.63. The summed E-state index contributed by atoms with van der Waals surface area (Å²) >= 11 is 0. The zero-order valence-corrected chi connectivity index (χ0v) is 12.3. The fourth-order valence-corrected chi connectivity index (χ4v) is 1.80. The highest BCUT2D eigenvalue weighted by Gasteiger charge is 2.21. The number of nitrogens with two attached hydrogens (primary N) is 1. The smallest absolute Gasteiger partial charge is 0.328 e. The molecule has 6 heteroatoms. The van der Waals surface area contributed by atoms with E-state index in [1.54, 1.807) is 0 Å². The Balaban J connectivity index is 0.00000324. The van der Waals surface area contributed by atoms with Crippen molar-refractivity contribution in [1.29, 1.82) is 5.41 Å². The minimum atomic E-state index is -0.359. The number of hydrogen-bond donors (Lipinski definition) is 3. The number of halogens is 1. The largest absolute Gasteiger partial charge is 0.369 e. The number of nitrogens with one attached hydrogen (secondary N) is 2. The fraction of sp³-hybridized carbons (Fsp3) is 0.385. The van der Waals surface area contributed by atoms with E-state index in [-0.39, 0.29) is 24.4 Å². The van der Waals surface area contributed by atoms with Crippen LogP contribution in [0.2, 0.25) is 0 Å². The highest BCUT2D eigenvalue weighted by molar-refractivity contribution is 6.14. The van der Waals surface area contributed by atoms with Crippen LogP contribution in [0, 0.1) is 19.3 Å². The Hall–Kier alpha value is -1.75. The molecule has 0 unspecified atom stereocenters. The Kier molecular flexibility index (Phi) is 6.93. The third kappa shape index (κ3) is 4.13. The average Bonchev–Trinajstić information content (AvgIpc) is 2.30. The predicted molar refractivity (Wildman–Crippen MR) is 81.2 cm³/mol. The molecule has 5 nitrogen and oxygen atoms in total. The minimum absolute atomic E-state index is 0. The Labute approximate surface area is 120 Å². The lowest BCUT2D eigenvalue weighted by atomic mass is 10.1. The number of guanidine groups is 1. The number of anilines is 1. The molecule has 0 spiro atoms. The number of aryl methyl sites for hydroxylation is 2. The molecule has 0 radical (unpaired) electrons. The molecule has 4 N–H and O–H groups in total. The van der Waals surface area contributed by atoms with Crippen molar-refractivity contribution in [3.05, 3.63) is 29.3 Å². The SMILES string of the molecule is CCCNC(=O)N(C(=N)N)c1c(C)cccc1C.Cl. The molecule has 0 atom stereocenters. The second-order valence-electron chi connectivity index (χ2n) is 4.19. The Bertz CT molecular complexity index is 442. The van der Waals surface area contributed by atoms with Crippen LogP contribution in [-0.4, -0.2) is 18.5 Å². The van der Waals surface area contributed by atoms with Gasteiger partial charge >= 0.3 is 6.03 Å². The molecule has 0 fully saturated rings. The van der Waals surface area contributed by atoms with Crippen LogP contribution in [0.25, 0.3) is 0 Å². The van der Waals surface area contributed by atoms with Crippen molar-refractivity contribution in [2.24, 2.45) is 5.73 Å². The van der Waals surface area contributed by atoms with Gasteiger partial charge in [0.2, 0.25) is 5.96 Å². The van der Waals surface area contributed by atoms with E-state index >= 15 is 0 Å². The normalized spacial score (nSPS) is 9.42. The summed E-state index contributed by atoms with van der Waals surface area (Å²) in [7, 11) is 0. The average molecular weight is 285 g/mol. The number of urea groups is 1. The lowest BCUT2D eigenvalue weighted by molar-refractivity contribution is 0.249. The molecule has 0 aromatic heterocycles. The molecule has 106 valence electrons. The van der Waals surface area contributed by atoms with Crippen molar-refractivity contribution in [1.82, 2.24) is 5.32 Å². The van der Waals surface area contributed by atoms with E-state index in [4.69, 9.17) is 11.1 Å². The fourth-order valence-electron chi connectivity index (χ4n) is 1.80. The molecule has 0 aliphatic carbocycles. The molecule has 19 heavy (non-hydrogen) atoms. The second kappa shape index (κ2) is 7.63. The summed E-state index contributed by atoms with van der Waals surface area (Å²) in [5.41, 5.74) is 8.03. The molecule has 1 aromatic rings. The molecular weight excluding hydrogens is 264 g/mol. The minimum Gasteiger partial charge on any atom is -0.369 e. The maximum absolute atomic E-state index is 12.0. The molecule has 0 saturated carbocycles. The van der Waals surface area contributed by atoms with E-state index in [1.165, 1.54) is 4.90 Å². The summed E-state index contributed by atoms with van der Waals surface area (Å²) in [4.78, 5) is 13.3. The third-order valence-corrected chi connectivity index (χ3v) is 2.63. The monoisotopic (exact) mass is 284 g/mol. The van der Waals surface area contributed by atoms with Crippen LogP contribution in [0.3, 0.4) is 0 Å². The number of para-hydroxylation sites is 1. The van der Waals surface area contributed by atoms with Crippen LogP contribution < -0.4 is 16.0 Å². The highest BCUT2D eigenvalue weighted by atomic mass is 35.5. The number of carbonyl (C=O) groups is 1. The van der Waals surface area contributed by atoms with Crippen molar-refractivity contribution in [2.75, 3.05) is 11.4 Å². The van der Waals surface area contributed by atoms with Crippen molar-refractivity contribution in [3.8, 4) is 0 Å². The first-order chi connectivity index (χ1) is 8.49. The van der Waals surface area contributed by atoms with Gasteiger partial charge in [-0.15, -0.1) is 12.4 Å². The first-order valence-corrected chi connectivity index (χ1v) is 5.97. The first-order valence-electron chi connectivity index (χ1n) is 5.97. The molecule has 0 saturated heterocycles. The van der Waals surface area contributed by atoms with E-state index < -0.39 is 0 Å². The van der Waals surface area contributed by atoms with Crippen LogP contribution in [0.5, 0.6) is 0 Å². The van der Waals surface area contributed by atoms with Crippen LogP contribution in [-0.2, 0) is 0 Å². The van der Waals surface area contributed by atoms with Crippen LogP contribution in [0.1, 0.15) is 24.5 Å². The van der Waals surface area contributed by atoms with Gasteiger partial charge in [0, 0.05) is 6.54 Å². The van der Waals surface area contributed by atoms with Gasteiger partial charge in [-0.2, -0.15) is 0 Å². The second-order valence-corrected chi connectivity index (χ2v) is 4.19. The van der Waals surface area contributed by atoms with E-state index in [2.05, 4.69) is 5.32 Å². The van der Waals surface area contributed by atoms with Crippen molar-refractivity contribution < 1.29 is 4.79 Å². The molecule has 1 rings (SSSR count). The number of amides is 2. The van der Waals surface area contributed by atoms with E-state index in [9.17, 15) is 4.79 Å². The summed E-state index contributed by atoms with van der Waals surface area (Å²) in [5, 5.41) is 10.3. The molecule has 0 aliphatic rings. The van der Waals surface area contributed by atoms with Gasteiger partial charge in [-0.25, -0.2) is 9.69 Å². The Morgan fingerprint density at radius 2 is 1.89 bits per heavy atom. The zero-order valence-electron chi connectivity index (χ0n) is 11.5. The van der Waals surface area contributed by atoms with E-state index in [1.807, 2.05) is 39.0 Å². The number of hydrogen-bond acceptors (Lipinski definition) is 2. The first kappa shape index (κ1) is 17.2. The standard InChI is InChI=1S/C13H20N4O.ClH/c1-4-8-16-13(18)17(12(14)15)11-9(2)6-5-7-10(11)3;/h5-7H,4,8H2,1-3H3,(H3,14,15)(H,16,18);1H. The summed E-state index contributed by atoms with van der Waals surface area (Å²) in [6.45, 7) is 6.32. The maximum Gasteiger partial charge on any atom is 0.328 e. The van der Waals surface area contributed by atoms with Crippen molar-refractivity contribution in [3.63, 3.8) is 0 Å². The summed E-state index contributed by atoms with van der Waals surface area (Å²) in [6.07, 6.45) is 0.838. The number of nitrogens with zero attached hydrogens (tertiary/aromatic N) is 1. The Morgan fingerprint density at radius 1 is 1.37 bits per heavy atom. The van der Waals surface area contributed by atoms with Gasteiger partial charge in [-0.1, -0.05) is 25.1 Å². The zero-order chi connectivity index (χ0) is 13.7. The molecule has 0 aliphatic heterocycles. The van der Waals surface area contributed by atoms with Gasteiger partial charge in [0.25, 0.3) is 0 Å². The van der Waals surface area contributed by atoms with Gasteiger partial charge in [0.05, 0.1) is 5.69 Å². The van der Waals surface area contributed by atoms with Gasteiger partial charge in [0.15, 0.2) is 0 Å².